The van der Waals surface area contributed by atoms with E-state index in [1.54, 1.807) is 11.6 Å². The van der Waals surface area contributed by atoms with Crippen molar-refractivity contribution in [3.8, 4) is 0 Å². The van der Waals surface area contributed by atoms with Crippen molar-refractivity contribution in [3.05, 3.63) is 26.7 Å². The summed E-state index contributed by atoms with van der Waals surface area (Å²) < 4.78 is 14.7. The molecule has 2 aromatic heterocycles. The van der Waals surface area contributed by atoms with Crippen LogP contribution in [0.5, 0.6) is 0 Å². The summed E-state index contributed by atoms with van der Waals surface area (Å²) in [7, 11) is 1.59. The van der Waals surface area contributed by atoms with Crippen molar-refractivity contribution in [3.63, 3.8) is 0 Å². The number of aryl methyl sites for hydroxylation is 1. The minimum Gasteiger partial charge on any atom is -0.463 e. The molecule has 28 heavy (non-hydrogen) atoms. The van der Waals surface area contributed by atoms with E-state index in [9.17, 15) is 14.4 Å². The number of carbonyl (C=O) groups excluding carboxylic acids is 1. The molecule has 0 aromatic carbocycles. The van der Waals surface area contributed by atoms with Gasteiger partial charge in [0.25, 0.3) is 5.56 Å². The number of rotatable bonds is 10. The van der Waals surface area contributed by atoms with Crippen LogP contribution in [0.25, 0.3) is 11.2 Å². The summed E-state index contributed by atoms with van der Waals surface area (Å²) in [5.41, 5.74) is 5.54. The Hall–Kier alpha value is -2.46. The van der Waals surface area contributed by atoms with E-state index < -0.39 is 11.2 Å². The predicted molar refractivity (Wildman–Crippen MR) is 104 cm³/mol. The summed E-state index contributed by atoms with van der Waals surface area (Å²) in [5.74, 6) is 0.171. The third-order valence-corrected chi connectivity index (χ3v) is 4.53. The average molecular weight is 395 g/mol. The number of nitrogens with zero attached hydrogens (tertiary/aromatic N) is 4. The highest BCUT2D eigenvalue weighted by atomic mass is 16.5. The lowest BCUT2D eigenvalue weighted by molar-refractivity contribution is -0.145. The topological polar surface area (TPSA) is 123 Å². The van der Waals surface area contributed by atoms with Crippen LogP contribution in [0.3, 0.4) is 0 Å². The highest BCUT2D eigenvalue weighted by Gasteiger charge is 2.19. The number of imidazole rings is 1. The zero-order valence-electron chi connectivity index (χ0n) is 16.9. The van der Waals surface area contributed by atoms with Crippen molar-refractivity contribution in [1.29, 1.82) is 0 Å². The van der Waals surface area contributed by atoms with Gasteiger partial charge in [-0.25, -0.2) is 9.78 Å². The van der Waals surface area contributed by atoms with Crippen LogP contribution < -0.4 is 17.0 Å². The molecule has 2 N–H and O–H groups in total. The van der Waals surface area contributed by atoms with Gasteiger partial charge < -0.3 is 15.2 Å². The molecule has 1 atom stereocenters. The Balaban J connectivity index is 2.30. The second-order valence-corrected chi connectivity index (χ2v) is 6.67. The van der Waals surface area contributed by atoms with E-state index >= 15 is 0 Å². The summed E-state index contributed by atoms with van der Waals surface area (Å²) in [6.07, 6.45) is 1.79. The average Bonchev–Trinajstić information content (AvgIpc) is 3.02. The molecule has 0 radical (unpaired) electrons. The van der Waals surface area contributed by atoms with Crippen molar-refractivity contribution in [2.45, 2.75) is 66.0 Å². The van der Waals surface area contributed by atoms with E-state index in [1.807, 2.05) is 13.8 Å². The maximum Gasteiger partial charge on any atom is 0.332 e. The van der Waals surface area contributed by atoms with Gasteiger partial charge >= 0.3 is 11.7 Å². The van der Waals surface area contributed by atoms with Crippen LogP contribution in [0.15, 0.2) is 9.59 Å². The van der Waals surface area contributed by atoms with Crippen LogP contribution in [0, 0.1) is 0 Å². The second kappa shape index (κ2) is 9.65. The maximum atomic E-state index is 13.0. The fourth-order valence-corrected chi connectivity index (χ4v) is 3.14. The smallest absolute Gasteiger partial charge is 0.332 e. The summed E-state index contributed by atoms with van der Waals surface area (Å²) in [4.78, 5) is 41.0. The highest BCUT2D eigenvalue weighted by Crippen LogP contribution is 2.12. The number of esters is 1. The first-order valence-electron chi connectivity index (χ1n) is 9.45. The normalized spacial score (nSPS) is 12.5. The van der Waals surface area contributed by atoms with Gasteiger partial charge in [-0.3, -0.25) is 23.3 Å². The van der Waals surface area contributed by atoms with Gasteiger partial charge in [-0.15, -0.1) is 0 Å². The van der Waals surface area contributed by atoms with Crippen molar-refractivity contribution >= 4 is 17.1 Å². The van der Waals surface area contributed by atoms with Gasteiger partial charge in [0.15, 0.2) is 11.2 Å². The second-order valence-electron chi connectivity index (χ2n) is 6.67. The summed E-state index contributed by atoms with van der Waals surface area (Å²) >= 11 is 0. The summed E-state index contributed by atoms with van der Waals surface area (Å²) in [5, 5.41) is 0. The van der Waals surface area contributed by atoms with Gasteiger partial charge in [0.2, 0.25) is 0 Å². The SMILES string of the molecule is CCOCn1c(CN)nc2c1c(=O)n(CCCC[C@@H](C)OC(C)=O)c(=O)n2C. The Labute approximate surface area is 162 Å². The van der Waals surface area contributed by atoms with E-state index in [0.717, 1.165) is 0 Å². The van der Waals surface area contributed by atoms with Gasteiger partial charge in [0.1, 0.15) is 12.6 Å². The number of unbranched alkanes of at least 4 members (excludes halogenated alkanes) is 1. The molecular formula is C18H29N5O5. The van der Waals surface area contributed by atoms with Crippen molar-refractivity contribution in [1.82, 2.24) is 18.7 Å². The fraction of sp³-hybridized carbons (Fsp3) is 0.667. The lowest BCUT2D eigenvalue weighted by atomic mass is 10.2. The first kappa shape index (κ1) is 21.8. The summed E-state index contributed by atoms with van der Waals surface area (Å²) in [6.45, 7) is 6.06. The largest absolute Gasteiger partial charge is 0.463 e. The molecule has 0 unspecified atom stereocenters. The highest BCUT2D eigenvalue weighted by molar-refractivity contribution is 5.71. The predicted octanol–water partition coefficient (Wildman–Crippen LogP) is 0.471. The van der Waals surface area contributed by atoms with Crippen LogP contribution in [0.2, 0.25) is 0 Å². The number of hydrogen-bond acceptors (Lipinski definition) is 7. The molecule has 156 valence electrons. The Morgan fingerprint density at radius 2 is 1.96 bits per heavy atom. The molecule has 0 saturated heterocycles. The third-order valence-electron chi connectivity index (χ3n) is 4.53. The van der Waals surface area contributed by atoms with E-state index in [4.69, 9.17) is 15.2 Å². The standard InChI is InChI=1S/C18H29N5O5/c1-5-27-11-23-14(10-19)20-16-15(23)17(25)22(18(26)21(16)4)9-7-6-8-12(2)28-13(3)24/h12H,5-11,19H2,1-4H3/t12-/m1/s1. The van der Waals surface area contributed by atoms with Crippen LogP contribution in [0.4, 0.5) is 0 Å². The molecule has 0 aliphatic carbocycles. The Morgan fingerprint density at radius 3 is 2.57 bits per heavy atom. The molecule has 0 saturated carbocycles. The first-order chi connectivity index (χ1) is 13.3. The van der Waals surface area contributed by atoms with Gasteiger partial charge in [-0.1, -0.05) is 0 Å². The molecular weight excluding hydrogens is 366 g/mol. The number of ether oxygens (including phenoxy) is 2. The third kappa shape index (κ3) is 4.68. The molecule has 0 amide bonds. The van der Waals surface area contributed by atoms with E-state index in [-0.39, 0.29) is 31.9 Å². The van der Waals surface area contributed by atoms with Gasteiger partial charge in [0, 0.05) is 27.1 Å². The lowest BCUT2D eigenvalue weighted by Gasteiger charge is -2.12. The molecule has 0 fully saturated rings. The number of aromatic nitrogens is 4. The monoisotopic (exact) mass is 395 g/mol. The van der Waals surface area contributed by atoms with Gasteiger partial charge in [0.05, 0.1) is 12.6 Å². The number of carbonyl (C=O) groups is 1. The molecule has 0 bridgehead atoms. The molecule has 10 nitrogen and oxygen atoms in total. The van der Waals surface area contributed by atoms with Crippen molar-refractivity contribution in [2.75, 3.05) is 6.61 Å². The van der Waals surface area contributed by atoms with Crippen LogP contribution in [-0.2, 0) is 41.1 Å². The van der Waals surface area contributed by atoms with Crippen LogP contribution in [-0.4, -0.2) is 37.4 Å². The quantitative estimate of drug-likeness (QED) is 0.458. The number of hydrogen-bond donors (Lipinski definition) is 1. The number of nitrogens with two attached hydrogens (primary N) is 1. The number of fused-ring (bicyclic) bond motifs is 1. The van der Waals surface area contributed by atoms with Gasteiger partial charge in [-0.2, -0.15) is 0 Å². The summed E-state index contributed by atoms with van der Waals surface area (Å²) in [6, 6.07) is 0. The minimum atomic E-state index is -0.421. The Morgan fingerprint density at radius 1 is 1.25 bits per heavy atom. The molecule has 2 aromatic rings. The molecule has 0 aliphatic rings. The van der Waals surface area contributed by atoms with E-state index in [0.29, 0.717) is 42.9 Å². The maximum absolute atomic E-state index is 13.0. The first-order valence-corrected chi connectivity index (χ1v) is 9.45. The zero-order valence-corrected chi connectivity index (χ0v) is 16.9. The molecule has 2 heterocycles. The van der Waals surface area contributed by atoms with Crippen LogP contribution >= 0.6 is 0 Å². The molecule has 0 spiro atoms. The zero-order chi connectivity index (χ0) is 20.8. The minimum absolute atomic E-state index is 0.128. The molecule has 2 rings (SSSR count). The van der Waals surface area contributed by atoms with Gasteiger partial charge in [-0.05, 0) is 33.1 Å². The fourth-order valence-electron chi connectivity index (χ4n) is 3.14. The Bertz CT molecular complexity index is 942. The Kier molecular flexibility index (Phi) is 7.53. The van der Waals surface area contributed by atoms with Crippen molar-refractivity contribution < 1.29 is 14.3 Å². The van der Waals surface area contributed by atoms with Crippen molar-refractivity contribution in [2.24, 2.45) is 12.8 Å². The molecule has 0 aliphatic heterocycles. The van der Waals surface area contributed by atoms with E-state index in [2.05, 4.69) is 4.98 Å². The lowest BCUT2D eigenvalue weighted by Crippen LogP contribution is -2.39. The molecule has 10 heteroatoms. The van der Waals surface area contributed by atoms with Crippen LogP contribution in [0.1, 0.15) is 45.9 Å². The van der Waals surface area contributed by atoms with E-state index in [1.165, 1.54) is 16.1 Å².